The van der Waals surface area contributed by atoms with Crippen molar-refractivity contribution in [2.45, 2.75) is 4.90 Å². The summed E-state index contributed by atoms with van der Waals surface area (Å²) in [6.07, 6.45) is 0. The Balaban J connectivity index is 2.81. The Morgan fingerprint density at radius 1 is 0.846 bits per heavy atom. The van der Waals surface area contributed by atoms with E-state index in [2.05, 4.69) is 12.6 Å². The molecule has 0 heterocycles. The smallest absolute Gasteiger partial charge is 0.158 e. The van der Waals surface area contributed by atoms with Gasteiger partial charge in [-0.3, -0.25) is 0 Å². The second-order valence-corrected chi connectivity index (χ2v) is 3.39. The van der Waals surface area contributed by atoms with Gasteiger partial charge in [0, 0.05) is 4.90 Å². The predicted octanol–water partition coefficient (Wildman–Crippen LogP) is 2.54. The van der Waals surface area contributed by atoms with E-state index in [-0.39, 0.29) is 11.5 Å². The summed E-state index contributed by atoms with van der Waals surface area (Å²) >= 11 is 4.18. The predicted molar refractivity (Wildman–Crippen MR) is 54.5 cm³/mol. The van der Waals surface area contributed by atoms with Crippen molar-refractivity contribution in [1.29, 1.82) is 0 Å². The van der Waals surface area contributed by atoms with E-state index in [1.807, 2.05) is 18.2 Å². The first-order valence-corrected chi connectivity index (χ1v) is 4.26. The lowest BCUT2D eigenvalue weighted by atomic mass is 10.1. The molecule has 0 saturated carbocycles. The van der Waals surface area contributed by atoms with Crippen molar-refractivity contribution in [1.82, 2.24) is 0 Å². The lowest BCUT2D eigenvalue weighted by molar-refractivity contribution is 0.405. The van der Waals surface area contributed by atoms with E-state index >= 15 is 0 Å². The SMILES string of the molecule is Oc1cc2ccc(S)cc2cc1O. The Hall–Kier alpha value is -1.35. The van der Waals surface area contributed by atoms with E-state index in [1.165, 1.54) is 12.1 Å². The van der Waals surface area contributed by atoms with Crippen molar-refractivity contribution >= 4 is 23.4 Å². The van der Waals surface area contributed by atoms with Gasteiger partial charge in [-0.05, 0) is 35.0 Å². The normalized spacial score (nSPS) is 10.5. The highest BCUT2D eigenvalue weighted by Gasteiger charge is 2.01. The molecule has 0 fully saturated rings. The minimum Gasteiger partial charge on any atom is -0.504 e. The summed E-state index contributed by atoms with van der Waals surface area (Å²) < 4.78 is 0. The summed E-state index contributed by atoms with van der Waals surface area (Å²) in [6, 6.07) is 8.55. The van der Waals surface area contributed by atoms with Crippen LogP contribution in [-0.2, 0) is 0 Å². The largest absolute Gasteiger partial charge is 0.504 e. The molecule has 0 amide bonds. The van der Waals surface area contributed by atoms with Crippen LogP contribution in [0.2, 0.25) is 0 Å². The number of aromatic hydroxyl groups is 2. The summed E-state index contributed by atoms with van der Waals surface area (Å²) in [7, 11) is 0. The van der Waals surface area contributed by atoms with Gasteiger partial charge in [-0.25, -0.2) is 0 Å². The van der Waals surface area contributed by atoms with Gasteiger partial charge in [0.05, 0.1) is 0 Å². The Morgan fingerprint density at radius 2 is 1.46 bits per heavy atom. The number of benzene rings is 2. The van der Waals surface area contributed by atoms with Gasteiger partial charge < -0.3 is 10.2 Å². The van der Waals surface area contributed by atoms with Crippen molar-refractivity contribution < 1.29 is 10.2 Å². The maximum absolute atomic E-state index is 9.23. The standard InChI is InChI=1S/C10H8O2S/c11-9-4-6-1-2-8(13)3-7(6)5-10(9)12/h1-5,11-13H. The fraction of sp³-hybridized carbons (Fsp3) is 0. The van der Waals surface area contributed by atoms with Gasteiger partial charge in [0.15, 0.2) is 11.5 Å². The van der Waals surface area contributed by atoms with Crippen molar-refractivity contribution in [2.24, 2.45) is 0 Å². The van der Waals surface area contributed by atoms with Gasteiger partial charge in [-0.15, -0.1) is 12.6 Å². The highest BCUT2D eigenvalue weighted by Crippen LogP contribution is 2.30. The van der Waals surface area contributed by atoms with Gasteiger partial charge in [-0.1, -0.05) is 6.07 Å². The molecule has 66 valence electrons. The lowest BCUT2D eigenvalue weighted by Gasteiger charge is -2.01. The van der Waals surface area contributed by atoms with Crippen LogP contribution in [0.4, 0.5) is 0 Å². The molecule has 0 aliphatic carbocycles. The van der Waals surface area contributed by atoms with Gasteiger partial charge in [-0.2, -0.15) is 0 Å². The molecular formula is C10H8O2S. The quantitative estimate of drug-likeness (QED) is 0.443. The van der Waals surface area contributed by atoms with Crippen LogP contribution >= 0.6 is 12.6 Å². The average Bonchev–Trinajstić information content (AvgIpc) is 2.08. The van der Waals surface area contributed by atoms with Crippen molar-refractivity contribution in [3.63, 3.8) is 0 Å². The lowest BCUT2D eigenvalue weighted by Crippen LogP contribution is -1.74. The van der Waals surface area contributed by atoms with E-state index < -0.39 is 0 Å². The van der Waals surface area contributed by atoms with Crippen LogP contribution in [0, 0.1) is 0 Å². The first-order valence-electron chi connectivity index (χ1n) is 3.81. The molecule has 0 saturated heterocycles. The number of rotatable bonds is 0. The highest BCUT2D eigenvalue weighted by molar-refractivity contribution is 7.80. The maximum Gasteiger partial charge on any atom is 0.158 e. The van der Waals surface area contributed by atoms with Crippen LogP contribution in [0.5, 0.6) is 11.5 Å². The van der Waals surface area contributed by atoms with Crippen molar-refractivity contribution in [3.05, 3.63) is 30.3 Å². The van der Waals surface area contributed by atoms with Crippen molar-refractivity contribution in [2.75, 3.05) is 0 Å². The molecular weight excluding hydrogens is 184 g/mol. The number of thiol groups is 1. The Bertz CT molecular complexity index is 466. The molecule has 0 aromatic heterocycles. The number of hydrogen-bond donors (Lipinski definition) is 3. The van der Waals surface area contributed by atoms with Crippen LogP contribution in [0.1, 0.15) is 0 Å². The first-order chi connectivity index (χ1) is 6.16. The Morgan fingerprint density at radius 3 is 2.15 bits per heavy atom. The van der Waals surface area contributed by atoms with Gasteiger partial charge in [0.25, 0.3) is 0 Å². The molecule has 2 aromatic carbocycles. The fourth-order valence-electron chi connectivity index (χ4n) is 1.26. The number of phenols is 2. The molecule has 0 unspecified atom stereocenters. The molecule has 2 nitrogen and oxygen atoms in total. The van der Waals surface area contributed by atoms with Crippen LogP contribution in [0.25, 0.3) is 10.8 Å². The second kappa shape index (κ2) is 2.85. The summed E-state index contributed by atoms with van der Waals surface area (Å²) in [5.41, 5.74) is 0. The average molecular weight is 192 g/mol. The van der Waals surface area contributed by atoms with Crippen LogP contribution in [0.15, 0.2) is 35.2 Å². The maximum atomic E-state index is 9.23. The second-order valence-electron chi connectivity index (χ2n) is 2.87. The first kappa shape index (κ1) is 8.26. The molecule has 2 N–H and O–H groups in total. The molecule has 0 atom stereocenters. The Kier molecular flexibility index (Phi) is 1.81. The summed E-state index contributed by atoms with van der Waals surface area (Å²) in [5, 5.41) is 20.2. The van der Waals surface area contributed by atoms with E-state index in [4.69, 9.17) is 0 Å². The van der Waals surface area contributed by atoms with Crippen LogP contribution < -0.4 is 0 Å². The van der Waals surface area contributed by atoms with Crippen LogP contribution in [-0.4, -0.2) is 10.2 Å². The van der Waals surface area contributed by atoms with Gasteiger partial charge in [0.2, 0.25) is 0 Å². The third-order valence-electron chi connectivity index (χ3n) is 1.92. The minimum absolute atomic E-state index is 0.0978. The molecule has 13 heavy (non-hydrogen) atoms. The summed E-state index contributed by atoms with van der Waals surface area (Å²) in [5.74, 6) is -0.203. The number of hydrogen-bond acceptors (Lipinski definition) is 3. The number of fused-ring (bicyclic) bond motifs is 1. The summed E-state index contributed by atoms with van der Waals surface area (Å²) in [6.45, 7) is 0. The molecule has 0 bridgehead atoms. The summed E-state index contributed by atoms with van der Waals surface area (Å²) in [4.78, 5) is 0.831. The van der Waals surface area contributed by atoms with E-state index in [0.717, 1.165) is 15.7 Å². The van der Waals surface area contributed by atoms with Crippen molar-refractivity contribution in [3.8, 4) is 11.5 Å². The minimum atomic E-state index is -0.105. The zero-order chi connectivity index (χ0) is 9.42. The van der Waals surface area contributed by atoms with E-state index in [9.17, 15) is 10.2 Å². The molecule has 0 aliphatic rings. The zero-order valence-corrected chi connectivity index (χ0v) is 7.62. The third-order valence-corrected chi connectivity index (χ3v) is 2.20. The third kappa shape index (κ3) is 1.42. The van der Waals surface area contributed by atoms with E-state index in [0.29, 0.717) is 0 Å². The zero-order valence-electron chi connectivity index (χ0n) is 6.73. The Labute approximate surface area is 80.9 Å². The van der Waals surface area contributed by atoms with Gasteiger partial charge in [0.1, 0.15) is 0 Å². The molecule has 2 aromatic rings. The van der Waals surface area contributed by atoms with Crippen LogP contribution in [0.3, 0.4) is 0 Å². The van der Waals surface area contributed by atoms with Gasteiger partial charge >= 0.3 is 0 Å². The fourth-order valence-corrected chi connectivity index (χ4v) is 1.47. The van der Waals surface area contributed by atoms with E-state index in [1.54, 1.807) is 0 Å². The topological polar surface area (TPSA) is 40.5 Å². The monoisotopic (exact) mass is 192 g/mol. The molecule has 0 spiro atoms. The molecule has 0 aliphatic heterocycles. The highest BCUT2D eigenvalue weighted by atomic mass is 32.1. The molecule has 0 radical (unpaired) electrons. The number of phenolic OH excluding ortho intramolecular Hbond substituents is 2. The molecule has 2 rings (SSSR count). The molecule has 3 heteroatoms.